The number of hydrogen-bond acceptors (Lipinski definition) is 3. The van der Waals surface area contributed by atoms with E-state index in [1.165, 1.54) is 5.56 Å². The predicted molar refractivity (Wildman–Crippen MR) is 88.4 cm³/mol. The first kappa shape index (κ1) is 13.5. The number of hydrogen-bond donors (Lipinski definition) is 0. The zero-order valence-electron chi connectivity index (χ0n) is 12.2. The van der Waals surface area contributed by atoms with Gasteiger partial charge in [0.1, 0.15) is 5.69 Å². The van der Waals surface area contributed by atoms with Crippen LogP contribution in [-0.2, 0) is 13.0 Å². The van der Waals surface area contributed by atoms with Crippen LogP contribution >= 0.6 is 11.3 Å². The van der Waals surface area contributed by atoms with Crippen LogP contribution in [0.1, 0.15) is 34.5 Å². The molecule has 0 saturated heterocycles. The van der Waals surface area contributed by atoms with Crippen LogP contribution in [0.5, 0.6) is 0 Å². The zero-order chi connectivity index (χ0) is 14.9. The van der Waals surface area contributed by atoms with Gasteiger partial charge in [-0.3, -0.25) is 9.48 Å². The second-order valence-corrected chi connectivity index (χ2v) is 6.52. The van der Waals surface area contributed by atoms with Gasteiger partial charge >= 0.3 is 0 Å². The van der Waals surface area contributed by atoms with Crippen LogP contribution in [0, 0.1) is 0 Å². The van der Waals surface area contributed by atoms with Gasteiger partial charge in [0.25, 0.3) is 0 Å². The summed E-state index contributed by atoms with van der Waals surface area (Å²) in [5.41, 5.74) is 4.03. The van der Waals surface area contributed by atoms with Gasteiger partial charge in [0, 0.05) is 6.42 Å². The molecule has 0 radical (unpaired) electrons. The van der Waals surface area contributed by atoms with Crippen LogP contribution in [0.15, 0.2) is 47.8 Å². The molecule has 0 N–H and O–H groups in total. The Balaban J connectivity index is 1.82. The van der Waals surface area contributed by atoms with Crippen LogP contribution in [-0.4, -0.2) is 15.6 Å². The number of nitrogens with zero attached hydrogens (tertiary/aromatic N) is 2. The second kappa shape index (κ2) is 5.54. The van der Waals surface area contributed by atoms with Crippen LogP contribution in [0.3, 0.4) is 0 Å². The molecule has 0 fully saturated rings. The molecule has 0 amide bonds. The number of benzene rings is 1. The molecular formula is C18H16N2OS. The van der Waals surface area contributed by atoms with Crippen molar-refractivity contribution < 1.29 is 4.79 Å². The summed E-state index contributed by atoms with van der Waals surface area (Å²) >= 11 is 1.64. The molecule has 110 valence electrons. The summed E-state index contributed by atoms with van der Waals surface area (Å²) in [5, 5.41) is 6.82. The lowest BCUT2D eigenvalue weighted by Gasteiger charge is -2.13. The van der Waals surface area contributed by atoms with Crippen LogP contribution in [0.2, 0.25) is 0 Å². The number of rotatable bonds is 3. The van der Waals surface area contributed by atoms with Crippen molar-refractivity contribution in [1.82, 2.24) is 9.78 Å². The molecule has 1 aliphatic carbocycles. The molecule has 3 aromatic rings. The summed E-state index contributed by atoms with van der Waals surface area (Å²) in [6.45, 7) is 0.724. The van der Waals surface area contributed by atoms with Crippen molar-refractivity contribution in [3.8, 4) is 10.6 Å². The van der Waals surface area contributed by atoms with Crippen LogP contribution in [0.25, 0.3) is 10.6 Å². The van der Waals surface area contributed by atoms with E-state index in [4.69, 9.17) is 5.10 Å². The van der Waals surface area contributed by atoms with Gasteiger partial charge in [-0.2, -0.15) is 5.10 Å². The Kier molecular flexibility index (Phi) is 3.39. The molecule has 1 aliphatic rings. The molecule has 4 heteroatoms. The largest absolute Gasteiger partial charge is 0.294 e. The Labute approximate surface area is 133 Å². The van der Waals surface area contributed by atoms with Gasteiger partial charge in [-0.15, -0.1) is 11.3 Å². The predicted octanol–water partition coefficient (Wildman–Crippen LogP) is 4.18. The molecular weight excluding hydrogens is 292 g/mol. The lowest BCUT2D eigenvalue weighted by atomic mass is 9.94. The van der Waals surface area contributed by atoms with Gasteiger partial charge < -0.3 is 0 Å². The fourth-order valence-electron chi connectivity index (χ4n) is 3.06. The first-order valence-corrected chi connectivity index (χ1v) is 8.41. The standard InChI is InChI=1S/C18H16N2OS/c21-15-9-4-8-14-17(15)18(16-10-5-11-22-16)19-20(14)12-13-6-2-1-3-7-13/h1-3,5-7,10-11H,4,8-9,12H2. The van der Waals surface area contributed by atoms with Gasteiger partial charge in [-0.1, -0.05) is 36.4 Å². The Hall–Kier alpha value is -2.20. The van der Waals surface area contributed by atoms with Gasteiger partial charge in [0.05, 0.1) is 22.7 Å². The molecule has 3 nitrogen and oxygen atoms in total. The third kappa shape index (κ3) is 2.29. The minimum Gasteiger partial charge on any atom is -0.294 e. The van der Waals surface area contributed by atoms with Crippen molar-refractivity contribution >= 4 is 17.1 Å². The average molecular weight is 308 g/mol. The number of ketones is 1. The summed E-state index contributed by atoms with van der Waals surface area (Å²) in [4.78, 5) is 13.5. The van der Waals surface area contributed by atoms with Crippen molar-refractivity contribution in [1.29, 1.82) is 0 Å². The molecule has 0 unspecified atom stereocenters. The van der Waals surface area contributed by atoms with Gasteiger partial charge in [-0.05, 0) is 29.9 Å². The van der Waals surface area contributed by atoms with E-state index in [1.54, 1.807) is 11.3 Å². The smallest absolute Gasteiger partial charge is 0.167 e. The van der Waals surface area contributed by atoms with E-state index in [1.807, 2.05) is 40.4 Å². The molecule has 4 rings (SSSR count). The third-order valence-corrected chi connectivity index (χ3v) is 4.96. The minimum atomic E-state index is 0.240. The summed E-state index contributed by atoms with van der Waals surface area (Å²) in [6, 6.07) is 14.3. The summed E-state index contributed by atoms with van der Waals surface area (Å²) < 4.78 is 2.02. The SMILES string of the molecule is O=C1CCCc2c1c(-c1cccs1)nn2Cc1ccccc1. The summed E-state index contributed by atoms with van der Waals surface area (Å²) in [5.74, 6) is 0.240. The second-order valence-electron chi connectivity index (χ2n) is 5.57. The highest BCUT2D eigenvalue weighted by Gasteiger charge is 2.27. The Morgan fingerprint density at radius 3 is 2.73 bits per heavy atom. The molecule has 0 spiro atoms. The quantitative estimate of drug-likeness (QED) is 0.727. The molecule has 2 heterocycles. The fraction of sp³-hybridized carbons (Fsp3) is 0.222. The molecule has 1 aromatic carbocycles. The van der Waals surface area contributed by atoms with Gasteiger partial charge in [0.15, 0.2) is 5.78 Å². The molecule has 0 atom stereocenters. The number of thiophene rings is 1. The lowest BCUT2D eigenvalue weighted by Crippen LogP contribution is -2.14. The molecule has 2 aromatic heterocycles. The van der Waals surface area contributed by atoms with E-state index < -0.39 is 0 Å². The number of fused-ring (bicyclic) bond motifs is 1. The minimum absolute atomic E-state index is 0.240. The summed E-state index contributed by atoms with van der Waals surface area (Å²) in [6.07, 6.45) is 2.50. The third-order valence-electron chi connectivity index (χ3n) is 4.08. The van der Waals surface area contributed by atoms with Crippen molar-refractivity contribution in [3.05, 3.63) is 64.7 Å². The highest BCUT2D eigenvalue weighted by atomic mass is 32.1. The molecule has 0 aliphatic heterocycles. The monoisotopic (exact) mass is 308 g/mol. The maximum atomic E-state index is 12.4. The molecule has 0 saturated carbocycles. The van der Waals surface area contributed by atoms with Crippen molar-refractivity contribution in [2.45, 2.75) is 25.8 Å². The highest BCUT2D eigenvalue weighted by molar-refractivity contribution is 7.13. The average Bonchev–Trinajstić information content (AvgIpc) is 3.17. The Morgan fingerprint density at radius 2 is 1.95 bits per heavy atom. The van der Waals surface area contributed by atoms with E-state index in [-0.39, 0.29) is 5.78 Å². The lowest BCUT2D eigenvalue weighted by molar-refractivity contribution is 0.0972. The Bertz CT molecular complexity index is 803. The van der Waals surface area contributed by atoms with Crippen molar-refractivity contribution in [3.63, 3.8) is 0 Å². The topological polar surface area (TPSA) is 34.9 Å². The number of aromatic nitrogens is 2. The van der Waals surface area contributed by atoms with Crippen molar-refractivity contribution in [2.24, 2.45) is 0 Å². The zero-order valence-corrected chi connectivity index (χ0v) is 13.0. The maximum absolute atomic E-state index is 12.4. The number of carbonyl (C=O) groups is 1. The molecule has 22 heavy (non-hydrogen) atoms. The van der Waals surface area contributed by atoms with E-state index >= 15 is 0 Å². The van der Waals surface area contributed by atoms with E-state index in [9.17, 15) is 4.79 Å². The first-order chi connectivity index (χ1) is 10.8. The normalized spacial score (nSPS) is 14.1. The van der Waals surface area contributed by atoms with Crippen LogP contribution < -0.4 is 0 Å². The summed E-state index contributed by atoms with van der Waals surface area (Å²) in [7, 11) is 0. The Morgan fingerprint density at radius 1 is 1.09 bits per heavy atom. The highest BCUT2D eigenvalue weighted by Crippen LogP contribution is 2.33. The number of carbonyl (C=O) groups excluding carboxylic acids is 1. The number of Topliss-reactive ketones (excluding diaryl/α,β-unsaturated/α-hetero) is 1. The van der Waals surface area contributed by atoms with E-state index in [0.717, 1.165) is 41.2 Å². The maximum Gasteiger partial charge on any atom is 0.167 e. The fourth-order valence-corrected chi connectivity index (χ4v) is 3.77. The van der Waals surface area contributed by atoms with Crippen molar-refractivity contribution in [2.75, 3.05) is 0 Å². The first-order valence-electron chi connectivity index (χ1n) is 7.53. The van der Waals surface area contributed by atoms with Crippen LogP contribution in [0.4, 0.5) is 0 Å². The molecule has 0 bridgehead atoms. The van der Waals surface area contributed by atoms with Gasteiger partial charge in [-0.25, -0.2) is 0 Å². The van der Waals surface area contributed by atoms with E-state index in [2.05, 4.69) is 12.1 Å². The van der Waals surface area contributed by atoms with E-state index in [0.29, 0.717) is 6.42 Å². The van der Waals surface area contributed by atoms with Gasteiger partial charge in [0.2, 0.25) is 0 Å².